The maximum atomic E-state index is 12.3. The fraction of sp³-hybridized carbons (Fsp3) is 0.0769. The van der Waals surface area contributed by atoms with E-state index in [2.05, 4.69) is 20.8 Å². The van der Waals surface area contributed by atoms with Crippen LogP contribution < -0.4 is 10.6 Å². The van der Waals surface area contributed by atoms with E-state index in [1.54, 1.807) is 24.3 Å². The number of benzene rings is 3. The van der Waals surface area contributed by atoms with Gasteiger partial charge in [0.15, 0.2) is 11.0 Å². The molecule has 0 bridgehead atoms. The standard InChI is InChI=1S/C26H22ClN5O2S/c1-32-25(30-31-26(32)35-17-24(34)29-22-10-6-5-9-21(22)27)19-12-14-20(15-13-19)28-23(33)16-11-18-7-3-2-4-8-18/h2-16H,17H2,1H3,(H,28,33)(H,29,34)/b16-11+. The van der Waals surface area contributed by atoms with E-state index < -0.39 is 0 Å². The molecule has 3 aromatic carbocycles. The number of nitrogens with one attached hydrogen (secondary N) is 2. The van der Waals surface area contributed by atoms with Gasteiger partial charge in [-0.1, -0.05) is 65.8 Å². The number of hydrogen-bond donors (Lipinski definition) is 2. The second-order valence-electron chi connectivity index (χ2n) is 7.49. The van der Waals surface area contributed by atoms with Crippen LogP contribution in [0.5, 0.6) is 0 Å². The van der Waals surface area contributed by atoms with E-state index in [1.165, 1.54) is 17.8 Å². The van der Waals surface area contributed by atoms with Crippen LogP contribution in [0.15, 0.2) is 90.1 Å². The molecule has 176 valence electrons. The van der Waals surface area contributed by atoms with Gasteiger partial charge in [-0.15, -0.1) is 10.2 Å². The topological polar surface area (TPSA) is 88.9 Å². The third-order valence-corrected chi connectivity index (χ3v) is 6.30. The average molecular weight is 504 g/mol. The third kappa shape index (κ3) is 6.59. The van der Waals surface area contributed by atoms with Crippen molar-refractivity contribution in [1.29, 1.82) is 0 Å². The first-order valence-electron chi connectivity index (χ1n) is 10.7. The highest BCUT2D eigenvalue weighted by molar-refractivity contribution is 7.99. The Morgan fingerprint density at radius 2 is 1.66 bits per heavy atom. The van der Waals surface area contributed by atoms with Crippen LogP contribution in [0.25, 0.3) is 17.5 Å². The van der Waals surface area contributed by atoms with Gasteiger partial charge in [-0.2, -0.15) is 0 Å². The molecule has 2 N–H and O–H groups in total. The Bertz CT molecular complexity index is 1350. The molecule has 0 saturated heterocycles. The van der Waals surface area contributed by atoms with Gasteiger partial charge >= 0.3 is 0 Å². The van der Waals surface area contributed by atoms with Crippen LogP contribution in [0.1, 0.15) is 5.56 Å². The largest absolute Gasteiger partial charge is 0.324 e. The molecule has 0 fully saturated rings. The van der Waals surface area contributed by atoms with Crippen molar-refractivity contribution in [2.24, 2.45) is 7.05 Å². The fourth-order valence-electron chi connectivity index (χ4n) is 3.19. The highest BCUT2D eigenvalue weighted by Crippen LogP contribution is 2.25. The first kappa shape index (κ1) is 24.3. The summed E-state index contributed by atoms with van der Waals surface area (Å²) in [4.78, 5) is 24.5. The molecule has 0 aliphatic heterocycles. The lowest BCUT2D eigenvalue weighted by Crippen LogP contribution is -2.14. The molecular weight excluding hydrogens is 482 g/mol. The number of amides is 2. The molecular formula is C26H22ClN5O2S. The fourth-order valence-corrected chi connectivity index (χ4v) is 4.09. The number of nitrogens with zero attached hydrogens (tertiary/aromatic N) is 3. The van der Waals surface area contributed by atoms with Gasteiger partial charge in [-0.25, -0.2) is 0 Å². The zero-order chi connectivity index (χ0) is 24.6. The molecule has 0 spiro atoms. The Hall–Kier alpha value is -3.88. The monoisotopic (exact) mass is 503 g/mol. The van der Waals surface area contributed by atoms with Crippen LogP contribution in [0.3, 0.4) is 0 Å². The molecule has 9 heteroatoms. The van der Waals surface area contributed by atoms with Crippen LogP contribution in [0.4, 0.5) is 11.4 Å². The molecule has 1 heterocycles. The van der Waals surface area contributed by atoms with E-state index in [0.29, 0.717) is 27.4 Å². The van der Waals surface area contributed by atoms with Crippen LogP contribution in [-0.4, -0.2) is 32.3 Å². The first-order chi connectivity index (χ1) is 17.0. The van der Waals surface area contributed by atoms with Crippen molar-refractivity contribution < 1.29 is 9.59 Å². The number of para-hydroxylation sites is 1. The Morgan fingerprint density at radius 3 is 2.40 bits per heavy atom. The molecule has 35 heavy (non-hydrogen) atoms. The molecule has 7 nitrogen and oxygen atoms in total. The zero-order valence-corrected chi connectivity index (χ0v) is 20.4. The van der Waals surface area contributed by atoms with Gasteiger partial charge in [0.05, 0.1) is 16.5 Å². The summed E-state index contributed by atoms with van der Waals surface area (Å²) in [7, 11) is 1.84. The Morgan fingerprint density at radius 1 is 0.943 bits per heavy atom. The lowest BCUT2D eigenvalue weighted by molar-refractivity contribution is -0.114. The van der Waals surface area contributed by atoms with Crippen molar-refractivity contribution in [2.75, 3.05) is 16.4 Å². The number of rotatable bonds is 8. The summed E-state index contributed by atoms with van der Waals surface area (Å²) in [5.41, 5.74) is 3.03. The van der Waals surface area contributed by atoms with E-state index in [4.69, 9.17) is 11.6 Å². The normalized spacial score (nSPS) is 10.9. The van der Waals surface area contributed by atoms with Crippen LogP contribution in [-0.2, 0) is 16.6 Å². The maximum absolute atomic E-state index is 12.3. The second kappa shape index (κ2) is 11.5. The van der Waals surface area contributed by atoms with Gasteiger partial charge in [-0.3, -0.25) is 9.59 Å². The van der Waals surface area contributed by atoms with E-state index in [0.717, 1.165) is 11.1 Å². The van der Waals surface area contributed by atoms with Gasteiger partial charge in [0, 0.05) is 24.4 Å². The zero-order valence-electron chi connectivity index (χ0n) is 18.8. The smallest absolute Gasteiger partial charge is 0.248 e. The minimum absolute atomic E-state index is 0.165. The summed E-state index contributed by atoms with van der Waals surface area (Å²) in [6, 6.07) is 24.0. The molecule has 1 aromatic heterocycles. The van der Waals surface area contributed by atoms with Crippen molar-refractivity contribution in [3.8, 4) is 11.4 Å². The molecule has 0 atom stereocenters. The molecule has 4 aromatic rings. The number of hydrogen-bond acceptors (Lipinski definition) is 5. The number of halogens is 1. The van der Waals surface area contributed by atoms with Crippen LogP contribution >= 0.6 is 23.4 Å². The number of carbonyl (C=O) groups is 2. The van der Waals surface area contributed by atoms with Gasteiger partial charge in [-0.05, 0) is 48.0 Å². The van der Waals surface area contributed by atoms with E-state index in [9.17, 15) is 9.59 Å². The Kier molecular flexibility index (Phi) is 7.97. The van der Waals surface area contributed by atoms with E-state index in [1.807, 2.05) is 72.3 Å². The van der Waals surface area contributed by atoms with Crippen molar-refractivity contribution in [3.63, 3.8) is 0 Å². The minimum Gasteiger partial charge on any atom is -0.324 e. The lowest BCUT2D eigenvalue weighted by Gasteiger charge is -2.07. The van der Waals surface area contributed by atoms with Crippen molar-refractivity contribution >= 4 is 52.6 Å². The Labute approximate surface area is 212 Å². The highest BCUT2D eigenvalue weighted by atomic mass is 35.5. The second-order valence-corrected chi connectivity index (χ2v) is 8.84. The summed E-state index contributed by atoms with van der Waals surface area (Å²) in [5.74, 6) is 0.419. The third-order valence-electron chi connectivity index (χ3n) is 4.95. The van der Waals surface area contributed by atoms with Crippen molar-refractivity contribution in [1.82, 2.24) is 14.8 Å². The predicted octanol–water partition coefficient (Wildman–Crippen LogP) is 5.52. The highest BCUT2D eigenvalue weighted by Gasteiger charge is 2.14. The van der Waals surface area contributed by atoms with Crippen LogP contribution in [0, 0.1) is 0 Å². The minimum atomic E-state index is -0.214. The van der Waals surface area contributed by atoms with Gasteiger partial charge in [0.2, 0.25) is 11.8 Å². The molecule has 4 rings (SSSR count). The number of aromatic nitrogens is 3. The molecule has 0 saturated carbocycles. The van der Waals surface area contributed by atoms with Crippen molar-refractivity contribution in [2.45, 2.75) is 5.16 Å². The number of anilines is 2. The quantitative estimate of drug-likeness (QED) is 0.244. The molecule has 0 unspecified atom stereocenters. The van der Waals surface area contributed by atoms with Crippen LogP contribution in [0.2, 0.25) is 5.02 Å². The summed E-state index contributed by atoms with van der Waals surface area (Å²) in [6.45, 7) is 0. The van der Waals surface area contributed by atoms with Gasteiger partial charge in [0.25, 0.3) is 0 Å². The van der Waals surface area contributed by atoms with Gasteiger partial charge < -0.3 is 15.2 Å². The SMILES string of the molecule is Cn1c(SCC(=O)Nc2ccccc2Cl)nnc1-c1ccc(NC(=O)/C=C/c2ccccc2)cc1. The predicted molar refractivity (Wildman–Crippen MR) is 141 cm³/mol. The summed E-state index contributed by atoms with van der Waals surface area (Å²) in [5, 5.41) is 15.2. The first-order valence-corrected chi connectivity index (χ1v) is 12.1. The molecule has 0 aliphatic rings. The molecule has 0 aliphatic carbocycles. The Balaban J connectivity index is 1.34. The van der Waals surface area contributed by atoms with Crippen molar-refractivity contribution in [3.05, 3.63) is 95.5 Å². The van der Waals surface area contributed by atoms with E-state index >= 15 is 0 Å². The lowest BCUT2D eigenvalue weighted by atomic mass is 10.2. The summed E-state index contributed by atoms with van der Waals surface area (Å²) in [6.07, 6.45) is 3.26. The van der Waals surface area contributed by atoms with E-state index in [-0.39, 0.29) is 17.6 Å². The summed E-state index contributed by atoms with van der Waals surface area (Å²) >= 11 is 7.37. The molecule has 2 amide bonds. The maximum Gasteiger partial charge on any atom is 0.248 e. The molecule has 0 radical (unpaired) electrons. The average Bonchev–Trinajstić information content (AvgIpc) is 3.24. The number of carbonyl (C=O) groups excluding carboxylic acids is 2. The van der Waals surface area contributed by atoms with Gasteiger partial charge in [0.1, 0.15) is 0 Å². The summed E-state index contributed by atoms with van der Waals surface area (Å²) < 4.78 is 1.82. The number of thioether (sulfide) groups is 1.